The first-order valence-electron chi connectivity index (χ1n) is 5.04. The van der Waals surface area contributed by atoms with Crippen molar-refractivity contribution in [2.75, 3.05) is 0 Å². The van der Waals surface area contributed by atoms with Crippen molar-refractivity contribution in [1.82, 2.24) is 0 Å². The van der Waals surface area contributed by atoms with Crippen LogP contribution < -0.4 is 4.74 Å². The van der Waals surface area contributed by atoms with Crippen LogP contribution in [0.5, 0.6) is 11.5 Å². The number of benzene rings is 2. The quantitative estimate of drug-likeness (QED) is 0.446. The molecule has 0 spiro atoms. The number of nitro groups is 1. The molecule has 0 atom stereocenters. The summed E-state index contributed by atoms with van der Waals surface area (Å²) in [7, 11) is 0. The van der Waals surface area contributed by atoms with Crippen molar-refractivity contribution in [3.05, 3.63) is 59.9 Å². The van der Waals surface area contributed by atoms with Gasteiger partial charge in [0, 0.05) is 16.6 Å². The van der Waals surface area contributed by atoms with Crippen molar-refractivity contribution in [1.29, 1.82) is 0 Å². The summed E-state index contributed by atoms with van der Waals surface area (Å²) in [5.74, 6) is 1.14. The lowest BCUT2D eigenvalue weighted by molar-refractivity contribution is -0.385. The Kier molecular flexibility index (Phi) is 4.59. The fourth-order valence-corrected chi connectivity index (χ4v) is 3.01. The molecule has 2 aromatic carbocycles. The monoisotopic (exact) mass is 449 g/mol. The van der Waals surface area contributed by atoms with Gasteiger partial charge in [0.15, 0.2) is 0 Å². The van der Waals surface area contributed by atoms with E-state index in [4.69, 9.17) is 4.74 Å². The second-order valence-corrected chi connectivity index (χ2v) is 6.17. The largest absolute Gasteiger partial charge is 0.456 e. The van der Waals surface area contributed by atoms with Gasteiger partial charge >= 0.3 is 0 Å². The van der Waals surface area contributed by atoms with Crippen LogP contribution >= 0.6 is 47.8 Å². The van der Waals surface area contributed by atoms with Gasteiger partial charge in [0.2, 0.25) is 0 Å². The summed E-state index contributed by atoms with van der Waals surface area (Å²) in [4.78, 5) is 10.3. The van der Waals surface area contributed by atoms with Crippen LogP contribution in [0.25, 0.3) is 0 Å². The Balaban J connectivity index is 2.29. The first-order valence-corrected chi connectivity index (χ1v) is 7.42. The summed E-state index contributed by atoms with van der Waals surface area (Å²) < 4.78 is 7.75. The molecule has 2 aromatic rings. The van der Waals surface area contributed by atoms with Crippen molar-refractivity contribution in [2.45, 2.75) is 0 Å². The molecule has 0 aliphatic heterocycles. The van der Waals surface area contributed by atoms with Crippen LogP contribution in [-0.2, 0) is 0 Å². The molecule has 0 aromatic heterocycles. The molecule has 0 aliphatic rings. The summed E-state index contributed by atoms with van der Waals surface area (Å²) in [6, 6.07) is 10.0. The molecular formula is C12H6Br3NO3. The molecule has 0 radical (unpaired) electrons. The summed E-state index contributed by atoms with van der Waals surface area (Å²) >= 11 is 9.89. The lowest BCUT2D eigenvalue weighted by Gasteiger charge is -2.08. The Labute approximate surface area is 134 Å². The SMILES string of the molecule is O=[N+]([O-])c1ccc(Oc2ccc(Br)cc2Br)cc1Br. The van der Waals surface area contributed by atoms with Crippen molar-refractivity contribution < 1.29 is 9.66 Å². The summed E-state index contributed by atoms with van der Waals surface area (Å²) in [6.07, 6.45) is 0. The van der Waals surface area contributed by atoms with Gasteiger partial charge in [-0.2, -0.15) is 0 Å². The van der Waals surface area contributed by atoms with Crippen LogP contribution in [0.4, 0.5) is 5.69 Å². The summed E-state index contributed by atoms with van der Waals surface area (Å²) in [6.45, 7) is 0. The summed E-state index contributed by atoms with van der Waals surface area (Å²) in [5.41, 5.74) is 0.00206. The van der Waals surface area contributed by atoms with Crippen molar-refractivity contribution in [3.63, 3.8) is 0 Å². The lowest BCUT2D eigenvalue weighted by atomic mass is 10.3. The Morgan fingerprint density at radius 2 is 1.74 bits per heavy atom. The van der Waals surface area contributed by atoms with Gasteiger partial charge < -0.3 is 4.74 Å². The second-order valence-electron chi connectivity index (χ2n) is 3.55. The number of rotatable bonds is 3. The smallest absolute Gasteiger partial charge is 0.283 e. The first kappa shape index (κ1) is 14.5. The van der Waals surface area contributed by atoms with E-state index in [2.05, 4.69) is 47.8 Å². The minimum atomic E-state index is -0.455. The first-order chi connectivity index (χ1) is 8.97. The molecule has 7 heteroatoms. The highest BCUT2D eigenvalue weighted by molar-refractivity contribution is 9.11. The second kappa shape index (κ2) is 6.02. The topological polar surface area (TPSA) is 52.4 Å². The Bertz CT molecular complexity index is 646. The maximum absolute atomic E-state index is 10.7. The van der Waals surface area contributed by atoms with Gasteiger partial charge in [0.25, 0.3) is 5.69 Å². The van der Waals surface area contributed by atoms with Gasteiger partial charge in [-0.3, -0.25) is 10.1 Å². The molecule has 0 fully saturated rings. The van der Waals surface area contributed by atoms with Crippen molar-refractivity contribution >= 4 is 53.5 Å². The van der Waals surface area contributed by atoms with E-state index in [9.17, 15) is 10.1 Å². The molecule has 2 rings (SSSR count). The molecule has 0 N–H and O–H groups in total. The third kappa shape index (κ3) is 3.55. The van der Waals surface area contributed by atoms with Crippen LogP contribution in [-0.4, -0.2) is 4.92 Å². The van der Waals surface area contributed by atoms with E-state index in [-0.39, 0.29) is 5.69 Å². The van der Waals surface area contributed by atoms with Crippen LogP contribution in [0.15, 0.2) is 49.8 Å². The van der Waals surface area contributed by atoms with E-state index in [0.717, 1.165) is 8.95 Å². The minimum Gasteiger partial charge on any atom is -0.456 e. The van der Waals surface area contributed by atoms with Gasteiger partial charge in [-0.1, -0.05) is 15.9 Å². The van der Waals surface area contributed by atoms with Gasteiger partial charge in [-0.15, -0.1) is 0 Å². The zero-order valence-corrected chi connectivity index (χ0v) is 14.0. The predicted octanol–water partition coefficient (Wildman–Crippen LogP) is 5.67. The minimum absolute atomic E-state index is 0.00206. The number of halogens is 3. The van der Waals surface area contributed by atoms with E-state index < -0.39 is 4.92 Å². The molecule has 0 saturated carbocycles. The molecule has 0 amide bonds. The average Bonchev–Trinajstić information content (AvgIpc) is 2.32. The normalized spacial score (nSPS) is 10.3. The van der Waals surface area contributed by atoms with Crippen molar-refractivity contribution in [2.24, 2.45) is 0 Å². The van der Waals surface area contributed by atoms with E-state index >= 15 is 0 Å². The third-order valence-corrected chi connectivity index (χ3v) is 3.99. The average molecular weight is 452 g/mol. The number of ether oxygens (including phenoxy) is 1. The van der Waals surface area contributed by atoms with Crippen LogP contribution in [0.3, 0.4) is 0 Å². The Morgan fingerprint density at radius 3 is 2.32 bits per heavy atom. The number of hydrogen-bond acceptors (Lipinski definition) is 3. The van der Waals surface area contributed by atoms with Gasteiger partial charge in [-0.25, -0.2) is 0 Å². The van der Waals surface area contributed by atoms with E-state index in [1.54, 1.807) is 18.2 Å². The molecule has 0 saturated heterocycles. The molecular weight excluding hydrogens is 446 g/mol. The summed E-state index contributed by atoms with van der Waals surface area (Å²) in [5, 5.41) is 10.7. The molecule has 98 valence electrons. The molecule has 19 heavy (non-hydrogen) atoms. The van der Waals surface area contributed by atoms with E-state index in [1.165, 1.54) is 6.07 Å². The maximum Gasteiger partial charge on any atom is 0.283 e. The van der Waals surface area contributed by atoms with Crippen LogP contribution in [0.1, 0.15) is 0 Å². The Morgan fingerprint density at radius 1 is 1.00 bits per heavy atom. The van der Waals surface area contributed by atoms with E-state index in [0.29, 0.717) is 16.0 Å². The van der Waals surface area contributed by atoms with Gasteiger partial charge in [0.05, 0.1) is 13.9 Å². The lowest BCUT2D eigenvalue weighted by Crippen LogP contribution is -1.91. The standard InChI is InChI=1S/C12H6Br3NO3/c13-7-1-4-12(10(15)5-7)19-8-2-3-11(16(17)18)9(14)6-8/h1-6H. The van der Waals surface area contributed by atoms with Crippen LogP contribution in [0, 0.1) is 10.1 Å². The maximum atomic E-state index is 10.7. The fraction of sp³-hybridized carbons (Fsp3) is 0. The van der Waals surface area contributed by atoms with Gasteiger partial charge in [0.1, 0.15) is 11.5 Å². The number of hydrogen-bond donors (Lipinski definition) is 0. The number of nitro benzene ring substituents is 1. The predicted molar refractivity (Wildman–Crippen MR) is 82.7 cm³/mol. The van der Waals surface area contributed by atoms with Crippen molar-refractivity contribution in [3.8, 4) is 11.5 Å². The highest BCUT2D eigenvalue weighted by atomic mass is 79.9. The molecule has 4 nitrogen and oxygen atoms in total. The zero-order valence-electron chi connectivity index (χ0n) is 9.27. The molecule has 0 bridgehead atoms. The third-order valence-electron chi connectivity index (χ3n) is 2.24. The van der Waals surface area contributed by atoms with E-state index in [1.807, 2.05) is 12.1 Å². The highest BCUT2D eigenvalue weighted by Gasteiger charge is 2.13. The molecule has 0 heterocycles. The fourth-order valence-electron chi connectivity index (χ4n) is 1.38. The van der Waals surface area contributed by atoms with Crippen LogP contribution in [0.2, 0.25) is 0 Å². The molecule has 0 unspecified atom stereocenters. The number of nitrogens with zero attached hydrogens (tertiary/aromatic N) is 1. The zero-order chi connectivity index (χ0) is 14.0. The highest BCUT2D eigenvalue weighted by Crippen LogP contribution is 2.35. The Hall–Kier alpha value is -0.920. The molecule has 0 aliphatic carbocycles. The van der Waals surface area contributed by atoms with Gasteiger partial charge in [-0.05, 0) is 56.1 Å².